The molecule has 1 unspecified atom stereocenters. The Labute approximate surface area is 148 Å². The Morgan fingerprint density at radius 2 is 2.08 bits per heavy atom. The molecule has 2 rings (SSSR count). The van der Waals surface area contributed by atoms with Gasteiger partial charge in [-0.05, 0) is 37.0 Å². The van der Waals surface area contributed by atoms with Gasteiger partial charge in [-0.15, -0.1) is 0 Å². The molecule has 136 valence electrons. The number of rotatable bonds is 5. The maximum atomic E-state index is 12.8. The Kier molecular flexibility index (Phi) is 6.11. The lowest BCUT2D eigenvalue weighted by atomic mass is 10.0. The molecule has 1 N–H and O–H groups in total. The Hall–Kier alpha value is -2.02. The lowest BCUT2D eigenvalue weighted by Gasteiger charge is -2.19. The van der Waals surface area contributed by atoms with Gasteiger partial charge in [-0.2, -0.15) is 13.2 Å². The highest BCUT2D eigenvalue weighted by molar-refractivity contribution is 6.31. The van der Waals surface area contributed by atoms with Gasteiger partial charge in [0, 0.05) is 19.2 Å². The van der Waals surface area contributed by atoms with Gasteiger partial charge in [0.05, 0.1) is 17.1 Å². The first-order chi connectivity index (χ1) is 11.7. The van der Waals surface area contributed by atoms with Gasteiger partial charge in [0.15, 0.2) is 0 Å². The summed E-state index contributed by atoms with van der Waals surface area (Å²) >= 11 is 5.53. The van der Waals surface area contributed by atoms with E-state index in [2.05, 4.69) is 5.32 Å². The second kappa shape index (κ2) is 7.91. The molecule has 1 atom stereocenters. The molecule has 0 heterocycles. The molecule has 2 amide bonds. The van der Waals surface area contributed by atoms with Gasteiger partial charge in [0.25, 0.3) is 0 Å². The van der Waals surface area contributed by atoms with Crippen LogP contribution in [-0.4, -0.2) is 30.3 Å². The van der Waals surface area contributed by atoms with Gasteiger partial charge in [0.2, 0.25) is 11.8 Å². The number of likely N-dealkylation sites (N-methyl/N-ethyl adjacent to an activating group) is 1. The van der Waals surface area contributed by atoms with E-state index in [1.54, 1.807) is 0 Å². The number of nitrogens with zero attached hydrogens (tertiary/aromatic N) is 1. The van der Waals surface area contributed by atoms with Crippen molar-refractivity contribution in [2.24, 2.45) is 5.92 Å². The number of halogens is 4. The van der Waals surface area contributed by atoms with E-state index in [-0.39, 0.29) is 24.1 Å². The van der Waals surface area contributed by atoms with Crippen molar-refractivity contribution < 1.29 is 22.8 Å². The highest BCUT2D eigenvalue weighted by Crippen LogP contribution is 2.36. The summed E-state index contributed by atoms with van der Waals surface area (Å²) in [5.41, 5.74) is -1.05. The third-order valence-electron chi connectivity index (χ3n) is 3.91. The minimum atomic E-state index is -4.61. The molecule has 0 bridgehead atoms. The number of amides is 2. The van der Waals surface area contributed by atoms with Crippen molar-refractivity contribution in [2.75, 3.05) is 18.9 Å². The first kappa shape index (κ1) is 19.3. The molecule has 25 heavy (non-hydrogen) atoms. The standard InChI is InChI=1S/C17H18ClF3N2O2/c1-23(16(25)8-11-4-2-3-5-11)10-15(24)22-12-6-7-14(18)13(9-12)17(19,20)21/h2,4,6-7,9,11H,3,5,8,10H2,1H3,(H,22,24). The van der Waals surface area contributed by atoms with E-state index in [1.807, 2.05) is 12.2 Å². The molecule has 0 saturated carbocycles. The van der Waals surface area contributed by atoms with Crippen molar-refractivity contribution in [1.29, 1.82) is 0 Å². The van der Waals surface area contributed by atoms with Gasteiger partial charge in [-0.25, -0.2) is 0 Å². The van der Waals surface area contributed by atoms with Gasteiger partial charge < -0.3 is 10.2 Å². The maximum Gasteiger partial charge on any atom is 0.417 e. The van der Waals surface area contributed by atoms with Gasteiger partial charge in [-0.3, -0.25) is 9.59 Å². The van der Waals surface area contributed by atoms with Crippen LogP contribution in [0.15, 0.2) is 30.4 Å². The van der Waals surface area contributed by atoms with Crippen molar-refractivity contribution in [2.45, 2.75) is 25.4 Å². The zero-order valence-corrected chi connectivity index (χ0v) is 14.3. The largest absolute Gasteiger partial charge is 0.417 e. The quantitative estimate of drug-likeness (QED) is 0.788. The van der Waals surface area contributed by atoms with Crippen LogP contribution < -0.4 is 5.32 Å². The van der Waals surface area contributed by atoms with Crippen LogP contribution in [0, 0.1) is 5.92 Å². The normalized spacial score (nSPS) is 16.8. The molecule has 4 nitrogen and oxygen atoms in total. The van der Waals surface area contributed by atoms with E-state index >= 15 is 0 Å². The maximum absolute atomic E-state index is 12.8. The predicted octanol–water partition coefficient (Wildman–Crippen LogP) is 4.11. The summed E-state index contributed by atoms with van der Waals surface area (Å²) in [6.45, 7) is -0.237. The number of carbonyl (C=O) groups is 2. The fourth-order valence-corrected chi connectivity index (χ4v) is 2.79. The van der Waals surface area contributed by atoms with Crippen LogP contribution in [0.5, 0.6) is 0 Å². The molecule has 0 spiro atoms. The van der Waals surface area contributed by atoms with Gasteiger partial charge in [-0.1, -0.05) is 23.8 Å². The topological polar surface area (TPSA) is 49.4 Å². The van der Waals surface area contributed by atoms with Crippen LogP contribution in [0.1, 0.15) is 24.8 Å². The molecule has 0 fully saturated rings. The molecular formula is C17H18ClF3N2O2. The number of alkyl halides is 3. The third kappa shape index (κ3) is 5.49. The van der Waals surface area contributed by atoms with Crippen LogP contribution in [0.25, 0.3) is 0 Å². The highest BCUT2D eigenvalue weighted by atomic mass is 35.5. The summed E-state index contributed by atoms with van der Waals surface area (Å²) in [5, 5.41) is 1.91. The first-order valence-electron chi connectivity index (χ1n) is 7.74. The van der Waals surface area contributed by atoms with Crippen molar-refractivity contribution in [3.63, 3.8) is 0 Å². The summed E-state index contributed by atoms with van der Waals surface area (Å²) in [7, 11) is 1.49. The van der Waals surface area contributed by atoms with Crippen LogP contribution in [-0.2, 0) is 15.8 Å². The van der Waals surface area contributed by atoms with E-state index in [0.29, 0.717) is 6.42 Å². The average molecular weight is 375 g/mol. The molecule has 8 heteroatoms. The fourth-order valence-electron chi connectivity index (χ4n) is 2.57. The van der Waals surface area contributed by atoms with Crippen LogP contribution in [0.2, 0.25) is 5.02 Å². The van der Waals surface area contributed by atoms with Crippen LogP contribution in [0.3, 0.4) is 0 Å². The Bertz CT molecular complexity index is 689. The van der Waals surface area contributed by atoms with Gasteiger partial charge in [0.1, 0.15) is 0 Å². The van der Waals surface area contributed by atoms with E-state index in [0.717, 1.165) is 25.0 Å². The number of hydrogen-bond donors (Lipinski definition) is 1. The second-order valence-corrected chi connectivity index (χ2v) is 6.37. The van der Waals surface area contributed by atoms with Crippen molar-refractivity contribution in [3.8, 4) is 0 Å². The second-order valence-electron chi connectivity index (χ2n) is 5.96. The number of hydrogen-bond acceptors (Lipinski definition) is 2. The van der Waals surface area contributed by atoms with Crippen molar-refractivity contribution >= 4 is 29.1 Å². The minimum absolute atomic E-state index is 0.0266. The zero-order valence-electron chi connectivity index (χ0n) is 13.6. The number of allylic oxidation sites excluding steroid dienone is 2. The summed E-state index contributed by atoms with van der Waals surface area (Å²) in [6.07, 6.45) is 1.57. The SMILES string of the molecule is CN(CC(=O)Nc1ccc(Cl)c(C(F)(F)F)c1)C(=O)CC1C=CCC1. The zero-order chi connectivity index (χ0) is 18.6. The van der Waals surface area contributed by atoms with Crippen molar-refractivity contribution in [1.82, 2.24) is 4.90 Å². The minimum Gasteiger partial charge on any atom is -0.336 e. The van der Waals surface area contributed by atoms with Crippen molar-refractivity contribution in [3.05, 3.63) is 40.9 Å². The number of nitrogens with one attached hydrogen (secondary N) is 1. The number of anilines is 1. The Morgan fingerprint density at radius 1 is 1.36 bits per heavy atom. The molecule has 0 aromatic heterocycles. The molecule has 0 saturated heterocycles. The molecule has 0 aliphatic heterocycles. The highest BCUT2D eigenvalue weighted by Gasteiger charge is 2.33. The summed E-state index contributed by atoms with van der Waals surface area (Å²) in [5.74, 6) is -0.573. The molecule has 0 radical (unpaired) electrons. The lowest BCUT2D eigenvalue weighted by Crippen LogP contribution is -2.35. The molecule has 1 aromatic rings. The first-order valence-corrected chi connectivity index (χ1v) is 8.12. The summed E-state index contributed by atoms with van der Waals surface area (Å²) in [4.78, 5) is 25.3. The van der Waals surface area contributed by atoms with E-state index < -0.39 is 22.7 Å². The van der Waals surface area contributed by atoms with Gasteiger partial charge >= 0.3 is 6.18 Å². The molecule has 1 aliphatic rings. The van der Waals surface area contributed by atoms with E-state index in [4.69, 9.17) is 11.6 Å². The average Bonchev–Trinajstić information content (AvgIpc) is 3.00. The monoisotopic (exact) mass is 374 g/mol. The predicted molar refractivity (Wildman–Crippen MR) is 89.2 cm³/mol. The van der Waals surface area contributed by atoms with Crippen LogP contribution in [0.4, 0.5) is 18.9 Å². The fraction of sp³-hybridized carbons (Fsp3) is 0.412. The lowest BCUT2D eigenvalue weighted by molar-refractivity contribution is -0.137. The van der Waals surface area contributed by atoms with E-state index in [1.165, 1.54) is 18.0 Å². The molecular weight excluding hydrogens is 357 g/mol. The smallest absolute Gasteiger partial charge is 0.336 e. The summed E-state index contributed by atoms with van der Waals surface area (Å²) in [6, 6.07) is 3.12. The third-order valence-corrected chi connectivity index (χ3v) is 4.24. The number of benzene rings is 1. The van der Waals surface area contributed by atoms with Crippen LogP contribution >= 0.6 is 11.6 Å². The molecule has 1 aliphatic carbocycles. The Morgan fingerprint density at radius 3 is 2.68 bits per heavy atom. The Balaban J connectivity index is 1.93. The number of carbonyl (C=O) groups excluding carboxylic acids is 2. The van der Waals surface area contributed by atoms with E-state index in [9.17, 15) is 22.8 Å². The molecule has 1 aromatic carbocycles. The summed E-state index contributed by atoms with van der Waals surface area (Å²) < 4.78 is 38.5.